The second kappa shape index (κ2) is 7.09. The van der Waals surface area contributed by atoms with Gasteiger partial charge in [0.2, 0.25) is 0 Å². The van der Waals surface area contributed by atoms with E-state index < -0.39 is 32.9 Å². The number of aromatic nitrogens is 4. The molecule has 0 amide bonds. The molecule has 3 atom stereocenters. The number of fused-ring (bicyclic) bond motifs is 1. The molecule has 2 aromatic heterocycles. The molecule has 0 radical (unpaired) electrons. The Balaban J connectivity index is 0.00000192. The van der Waals surface area contributed by atoms with Crippen LogP contribution in [0.15, 0.2) is 12.7 Å². The molecule has 120 valence electrons. The number of nitrogens with two attached hydrogens (primary N) is 1. The van der Waals surface area contributed by atoms with E-state index >= 15 is 0 Å². The van der Waals surface area contributed by atoms with Crippen LogP contribution >= 0.6 is 7.82 Å². The van der Waals surface area contributed by atoms with Gasteiger partial charge in [-0.05, 0) is 0 Å². The number of nitrogens with zero attached hydrogens (tertiary/aromatic N) is 4. The zero-order valence-electron chi connectivity index (χ0n) is 12.2. The van der Waals surface area contributed by atoms with Crippen molar-refractivity contribution in [2.75, 3.05) is 12.3 Å². The number of anilines is 1. The summed E-state index contributed by atoms with van der Waals surface area (Å²) in [7, 11) is -4.62. The van der Waals surface area contributed by atoms with E-state index in [1.807, 2.05) is 0 Å². The van der Waals surface area contributed by atoms with Crippen LogP contribution in [0.5, 0.6) is 0 Å². The van der Waals surface area contributed by atoms with Crippen molar-refractivity contribution in [3.63, 3.8) is 0 Å². The molecule has 1 aliphatic heterocycles. The molecular formula is C10H14N5NaO6P+. The Morgan fingerprint density at radius 2 is 2.17 bits per heavy atom. The third-order valence-corrected chi connectivity index (χ3v) is 3.79. The summed E-state index contributed by atoms with van der Waals surface area (Å²) >= 11 is 0. The Morgan fingerprint density at radius 3 is 2.87 bits per heavy atom. The number of aliphatic hydroxyl groups excluding tert-OH is 1. The number of nitrogen functional groups attached to an aromatic ring is 1. The molecule has 0 bridgehead atoms. The fraction of sp³-hybridized carbons (Fsp3) is 0.500. The van der Waals surface area contributed by atoms with E-state index in [1.165, 1.54) is 12.7 Å². The molecule has 2 aromatic rings. The van der Waals surface area contributed by atoms with Gasteiger partial charge < -0.3 is 25.4 Å². The number of imidazole rings is 1. The average molecular weight is 369 g/mol. The summed E-state index contributed by atoms with van der Waals surface area (Å²) in [6, 6.07) is 0. The number of hydrogen-bond donors (Lipinski definition) is 4. The van der Waals surface area contributed by atoms with Crippen LogP contribution in [0.2, 0.25) is 0 Å². The SMILES string of the molecule is [15NH2][13c]1[15n][13cH][15n][13c]2[13c]1[15n][13cH][15n]2[13C@H]1[13CH2][13C@H](O)[13C@@H]([13CH2]OP(=O)(O)O)O1.[Na+]. The Labute approximate surface area is 152 Å². The summed E-state index contributed by atoms with van der Waals surface area (Å²) in [5, 5.41) is 9.93. The van der Waals surface area contributed by atoms with Crippen molar-refractivity contribution in [3.8, 4) is 0 Å². The quantitative estimate of drug-likeness (QED) is 0.181. The van der Waals surface area contributed by atoms with Gasteiger partial charge in [-0.15, -0.1) is 0 Å². The van der Waals surface area contributed by atoms with Crippen molar-refractivity contribution in [2.24, 2.45) is 0 Å². The van der Waals surface area contributed by atoms with Crippen LogP contribution in [0, 0.1) is 0 Å². The van der Waals surface area contributed by atoms with Gasteiger partial charge in [0.15, 0.2) is 11.5 Å². The first-order valence-corrected chi connectivity index (χ1v) is 7.85. The van der Waals surface area contributed by atoms with E-state index in [0.29, 0.717) is 11.2 Å². The summed E-state index contributed by atoms with van der Waals surface area (Å²) in [5.74, 6) is 0.226. The van der Waals surface area contributed by atoms with E-state index in [9.17, 15) is 9.67 Å². The van der Waals surface area contributed by atoms with E-state index in [4.69, 9.17) is 20.3 Å². The fourth-order valence-corrected chi connectivity index (χ4v) is 2.63. The molecule has 5 N–H and O–H groups in total. The molecule has 0 spiro atoms. The summed E-state index contributed by atoms with van der Waals surface area (Å²) in [4.78, 5) is 29.4. The molecule has 23 heavy (non-hydrogen) atoms. The molecule has 11 nitrogen and oxygen atoms in total. The van der Waals surface area contributed by atoms with E-state index in [-0.39, 0.29) is 41.8 Å². The number of phosphoric ester groups is 1. The van der Waals surface area contributed by atoms with Crippen LogP contribution in [-0.4, -0.2) is 53.2 Å². The normalized spacial score (nSPS) is 24.7. The minimum atomic E-state index is -4.62. The molecule has 0 saturated carbocycles. The van der Waals surface area contributed by atoms with Gasteiger partial charge in [-0.2, -0.15) is 0 Å². The molecule has 13 heteroatoms. The van der Waals surface area contributed by atoms with Gasteiger partial charge in [0, 0.05) is 6.42 Å². The van der Waals surface area contributed by atoms with E-state index in [0.717, 1.165) is 0 Å². The maximum absolute atomic E-state index is 10.7. The van der Waals surface area contributed by atoms with Crippen molar-refractivity contribution < 1.29 is 58.3 Å². The third kappa shape index (κ3) is 4.08. The maximum atomic E-state index is 10.7. The zero-order chi connectivity index (χ0) is 15.9. The summed E-state index contributed by atoms with van der Waals surface area (Å²) in [5.41, 5.74) is 6.55. The topological polar surface area (TPSA) is 166 Å². The van der Waals surface area contributed by atoms with Crippen molar-refractivity contribution >= 4 is 24.8 Å². The first kappa shape index (κ1) is 18.7. The van der Waals surface area contributed by atoms with Crippen LogP contribution < -0.4 is 35.3 Å². The Kier molecular flexibility index (Phi) is 5.77. The second-order valence-electron chi connectivity index (χ2n) is 4.80. The zero-order valence-corrected chi connectivity index (χ0v) is 15.1. The van der Waals surface area contributed by atoms with Gasteiger partial charge in [-0.3, -0.25) is 9.09 Å². The smallest absolute Gasteiger partial charge is 0.390 e. The molecule has 1 fully saturated rings. The molecule has 1 saturated heterocycles. The predicted octanol–water partition coefficient (Wildman–Crippen LogP) is -3.83. The van der Waals surface area contributed by atoms with Crippen LogP contribution in [0.3, 0.4) is 0 Å². The van der Waals surface area contributed by atoms with Crippen molar-refractivity contribution in [2.45, 2.75) is 24.9 Å². The van der Waals surface area contributed by atoms with Crippen LogP contribution in [0.4, 0.5) is 5.82 Å². The fourth-order valence-electron chi connectivity index (χ4n) is 2.29. The molecule has 3 rings (SSSR count). The summed E-state index contributed by atoms with van der Waals surface area (Å²) in [6.45, 7) is -0.425. The first-order chi connectivity index (χ1) is 10.3. The van der Waals surface area contributed by atoms with E-state index in [1.54, 1.807) is 4.57 Å². The number of rotatable bonds is 4. The van der Waals surface area contributed by atoms with Crippen LogP contribution in [0.1, 0.15) is 12.6 Å². The standard InChI is InChI=1S/C10H14N5O6P.Na/c11-9-8-10(13-3-12-9)15(4-14-8)7-1-5(16)6(21-7)2-20-22(17,18)19;/h3-7,16H,1-2H2,(H2,11,12,13)(H2,17,18,19);/q;+1/t5-,6+,7+;/m0./s1/i1+1,2+1,3+1,4+1,5+1,6+1,7+1,8+1,9+1,10+1,11+1,12+1,13+1,14+1,15+1;. The monoisotopic (exact) mass is 369 g/mol. The Morgan fingerprint density at radius 1 is 1.43 bits per heavy atom. The van der Waals surface area contributed by atoms with Crippen LogP contribution in [0.25, 0.3) is 11.2 Å². The van der Waals surface area contributed by atoms with Gasteiger partial charge in [-0.1, -0.05) is 0 Å². The minimum absolute atomic E-state index is 0. The Hall–Kier alpha value is -0.620. The Bertz CT molecular complexity index is 738. The third-order valence-electron chi connectivity index (χ3n) is 3.31. The number of hydrogen-bond acceptors (Lipinski definition) is 8. The minimum Gasteiger partial charge on any atom is -0.390 e. The summed E-state index contributed by atoms with van der Waals surface area (Å²) < 4.78 is 22.2. The van der Waals surface area contributed by atoms with E-state index in [2.05, 4.69) is 19.5 Å². The van der Waals surface area contributed by atoms with Gasteiger partial charge in [0.05, 0.1) is 19.0 Å². The van der Waals surface area contributed by atoms with Gasteiger partial charge in [0.25, 0.3) is 0 Å². The predicted molar refractivity (Wildman–Crippen MR) is 72.3 cm³/mol. The molecule has 0 aliphatic carbocycles. The van der Waals surface area contributed by atoms with Crippen molar-refractivity contribution in [3.05, 3.63) is 12.7 Å². The van der Waals surface area contributed by atoms with Gasteiger partial charge in [-0.25, -0.2) is 19.5 Å². The molecule has 1 aliphatic rings. The van der Waals surface area contributed by atoms with Crippen LogP contribution in [-0.2, 0) is 13.8 Å². The summed E-state index contributed by atoms with van der Waals surface area (Å²) in [6.07, 6.45) is 0.543. The van der Waals surface area contributed by atoms with Gasteiger partial charge >= 0.3 is 37.4 Å². The van der Waals surface area contributed by atoms with Gasteiger partial charge in [0.1, 0.15) is 24.2 Å². The maximum Gasteiger partial charge on any atom is 1.00 e. The molecule has 0 aromatic carbocycles. The largest absolute Gasteiger partial charge is 1.00 e. The van der Waals surface area contributed by atoms with Crippen molar-refractivity contribution in [1.82, 2.24) is 19.5 Å². The average Bonchev–Trinajstić information content (AvgIpc) is 3.00. The first-order valence-electron chi connectivity index (χ1n) is 6.32. The second-order valence-corrected chi connectivity index (χ2v) is 6.04. The number of aliphatic hydroxyl groups is 1. The molecule has 3 heterocycles. The van der Waals surface area contributed by atoms with Crippen molar-refractivity contribution in [1.29, 1.82) is 0 Å². The number of phosphoric acid groups is 1. The number of ether oxygens (including phenoxy) is 1. The molecular weight excluding hydrogens is 355 g/mol. The molecule has 0 unspecified atom stereocenters.